The van der Waals surface area contributed by atoms with E-state index in [1.807, 2.05) is 6.08 Å². The first-order valence-electron chi connectivity index (χ1n) is 14.1. The summed E-state index contributed by atoms with van der Waals surface area (Å²) in [7, 11) is -3.19. The highest BCUT2D eigenvalue weighted by molar-refractivity contribution is 7.92. The molecule has 0 spiro atoms. The fraction of sp³-hybridized carbons (Fsp3) is 0.281. The molecule has 2 N–H and O–H groups in total. The minimum absolute atomic E-state index is 0.110. The van der Waals surface area contributed by atoms with E-state index in [1.165, 1.54) is 26.4 Å². The summed E-state index contributed by atoms with van der Waals surface area (Å²) in [4.78, 5) is 38.1. The Bertz CT molecular complexity index is 1860. The number of hydrogen-bond donors (Lipinski definition) is 2. The van der Waals surface area contributed by atoms with Crippen LogP contribution >= 0.6 is 0 Å². The summed E-state index contributed by atoms with van der Waals surface area (Å²) >= 11 is 0. The Morgan fingerprint density at radius 2 is 1.64 bits per heavy atom. The lowest BCUT2D eigenvalue weighted by molar-refractivity contribution is -0.121. The molecule has 2 aliphatic rings. The molecule has 1 saturated carbocycles. The predicted molar refractivity (Wildman–Crippen MR) is 159 cm³/mol. The molecule has 3 aromatic rings. The minimum atomic E-state index is -5.65. The number of alkyl halides is 3. The lowest BCUT2D eigenvalue weighted by Gasteiger charge is -2.28. The highest BCUT2D eigenvalue weighted by Crippen LogP contribution is 2.45. The van der Waals surface area contributed by atoms with Crippen LogP contribution in [0.15, 0.2) is 77.7 Å². The summed E-state index contributed by atoms with van der Waals surface area (Å²) in [5, 5.41) is 5.29. The summed E-state index contributed by atoms with van der Waals surface area (Å²) in [6, 6.07) is 11.5. The van der Waals surface area contributed by atoms with Crippen molar-refractivity contribution in [1.29, 1.82) is 0 Å². The van der Waals surface area contributed by atoms with Gasteiger partial charge in [-0.15, -0.1) is 0 Å². The lowest BCUT2D eigenvalue weighted by atomic mass is 9.87. The Labute approximate surface area is 266 Å². The standard InChI is InChI=1S/C32H28F4N2O8S/c1-44-25-15-24(33)26(46-16-19-6-3-4-9-22(19)31(41)45-2)14-23(25)29(39)38-28-18-11-10-17(12-18)27(28)30(40)37-20-7-5-8-21(13-20)47(42,43)32(34,35)36/h3-11,13-15,17-18,27-28H,12,16H2,1-2H3,(H,37,40)(H,38,39)/t17-,18+,27+,28-/m1/s1. The van der Waals surface area contributed by atoms with E-state index in [1.54, 1.807) is 24.3 Å². The van der Waals surface area contributed by atoms with E-state index in [0.717, 1.165) is 24.3 Å². The van der Waals surface area contributed by atoms with Crippen LogP contribution in [0.25, 0.3) is 0 Å². The van der Waals surface area contributed by atoms with Crippen LogP contribution in [-0.4, -0.2) is 52.0 Å². The third-order valence-corrected chi connectivity index (χ3v) is 9.56. The van der Waals surface area contributed by atoms with Gasteiger partial charge in [0.2, 0.25) is 5.91 Å². The molecule has 0 unspecified atom stereocenters. The second-order valence-electron chi connectivity index (χ2n) is 10.9. The second-order valence-corrected chi connectivity index (χ2v) is 12.8. The van der Waals surface area contributed by atoms with Gasteiger partial charge in [-0.2, -0.15) is 13.2 Å². The number of halogens is 4. The zero-order chi connectivity index (χ0) is 34.1. The van der Waals surface area contributed by atoms with Crippen LogP contribution in [0.2, 0.25) is 0 Å². The number of hydrogen-bond acceptors (Lipinski definition) is 8. The van der Waals surface area contributed by atoms with Gasteiger partial charge in [0.1, 0.15) is 12.4 Å². The third-order valence-electron chi connectivity index (χ3n) is 8.08. The van der Waals surface area contributed by atoms with Crippen LogP contribution in [0.4, 0.5) is 23.2 Å². The quantitative estimate of drug-likeness (QED) is 0.173. The van der Waals surface area contributed by atoms with Crippen LogP contribution in [0.1, 0.15) is 32.7 Å². The molecule has 47 heavy (non-hydrogen) atoms. The van der Waals surface area contributed by atoms with Gasteiger partial charge in [0.15, 0.2) is 11.6 Å². The number of carbonyl (C=O) groups is 3. The molecule has 0 aliphatic heterocycles. The average molecular weight is 677 g/mol. The molecule has 10 nitrogen and oxygen atoms in total. The van der Waals surface area contributed by atoms with Gasteiger partial charge in [0.25, 0.3) is 15.7 Å². The van der Waals surface area contributed by atoms with E-state index in [4.69, 9.17) is 14.2 Å². The summed E-state index contributed by atoms with van der Waals surface area (Å²) in [5.74, 6) is -4.72. The summed E-state index contributed by atoms with van der Waals surface area (Å²) in [6.45, 7) is -0.236. The largest absolute Gasteiger partial charge is 0.501 e. The lowest BCUT2D eigenvalue weighted by Crippen LogP contribution is -2.47. The second kappa shape index (κ2) is 13.1. The van der Waals surface area contributed by atoms with E-state index in [9.17, 15) is 40.4 Å². The highest BCUT2D eigenvalue weighted by atomic mass is 32.2. The molecule has 2 bridgehead atoms. The number of allylic oxidation sites excluding steroid dienone is 1. The number of nitrogens with one attached hydrogen (secondary N) is 2. The first kappa shape index (κ1) is 33.4. The van der Waals surface area contributed by atoms with Gasteiger partial charge in [-0.05, 0) is 48.6 Å². The van der Waals surface area contributed by atoms with Crippen molar-refractivity contribution in [3.8, 4) is 11.5 Å². The van der Waals surface area contributed by atoms with Crippen molar-refractivity contribution in [2.45, 2.75) is 29.5 Å². The van der Waals surface area contributed by atoms with Crippen molar-refractivity contribution in [3.63, 3.8) is 0 Å². The fourth-order valence-corrected chi connectivity index (χ4v) is 6.62. The van der Waals surface area contributed by atoms with Gasteiger partial charge >= 0.3 is 11.5 Å². The molecule has 1 fully saturated rings. The van der Waals surface area contributed by atoms with Crippen molar-refractivity contribution < 1.29 is 54.6 Å². The maximum atomic E-state index is 15.0. The van der Waals surface area contributed by atoms with Crippen LogP contribution in [0, 0.1) is 23.6 Å². The van der Waals surface area contributed by atoms with Crippen LogP contribution < -0.4 is 20.1 Å². The summed E-state index contributed by atoms with van der Waals surface area (Å²) in [6.07, 6.45) is 4.14. The summed E-state index contributed by atoms with van der Waals surface area (Å²) in [5.41, 5.74) is -5.19. The first-order valence-corrected chi connectivity index (χ1v) is 15.6. The van der Waals surface area contributed by atoms with Crippen molar-refractivity contribution in [3.05, 3.63) is 95.3 Å². The Morgan fingerprint density at radius 3 is 2.34 bits per heavy atom. The van der Waals surface area contributed by atoms with Gasteiger partial charge < -0.3 is 24.8 Å². The zero-order valence-corrected chi connectivity index (χ0v) is 25.7. The number of amides is 2. The zero-order valence-electron chi connectivity index (χ0n) is 24.8. The van der Waals surface area contributed by atoms with E-state index >= 15 is 0 Å². The van der Waals surface area contributed by atoms with Gasteiger partial charge in [-0.25, -0.2) is 17.6 Å². The molecule has 0 heterocycles. The molecular formula is C32H28F4N2O8S. The van der Waals surface area contributed by atoms with Crippen LogP contribution in [-0.2, 0) is 26.0 Å². The maximum absolute atomic E-state index is 15.0. The number of anilines is 1. The van der Waals surface area contributed by atoms with E-state index in [0.29, 0.717) is 18.1 Å². The number of rotatable bonds is 10. The minimum Gasteiger partial charge on any atom is -0.496 e. The molecule has 3 aromatic carbocycles. The summed E-state index contributed by atoms with van der Waals surface area (Å²) < 4.78 is 93.6. The molecule has 0 aromatic heterocycles. The molecule has 2 aliphatic carbocycles. The number of sulfone groups is 1. The SMILES string of the molecule is COC(=O)c1ccccc1COc1cc(C(=O)N[C@H]2[C@@H](C(=O)Nc3cccc(S(=O)(=O)C(F)(F)F)c3)[C@@H]3C=C[C@H]2C3)c(OC)cc1F. The number of benzene rings is 3. The monoisotopic (exact) mass is 676 g/mol. The van der Waals surface area contributed by atoms with E-state index in [2.05, 4.69) is 10.6 Å². The molecule has 4 atom stereocenters. The molecule has 0 saturated heterocycles. The van der Waals surface area contributed by atoms with Crippen LogP contribution in [0.3, 0.4) is 0 Å². The van der Waals surface area contributed by atoms with E-state index in [-0.39, 0.29) is 46.8 Å². The Hall–Kier alpha value is -4.92. The molecule has 0 radical (unpaired) electrons. The molecule has 5 rings (SSSR count). The number of carbonyl (C=O) groups excluding carboxylic acids is 3. The molecule has 2 amide bonds. The maximum Gasteiger partial charge on any atom is 0.501 e. The third kappa shape index (κ3) is 6.66. The number of esters is 1. The number of fused-ring (bicyclic) bond motifs is 2. The average Bonchev–Trinajstić information content (AvgIpc) is 3.65. The number of ether oxygens (including phenoxy) is 3. The Morgan fingerprint density at radius 1 is 0.915 bits per heavy atom. The topological polar surface area (TPSA) is 137 Å². The van der Waals surface area contributed by atoms with Gasteiger partial charge in [0.05, 0.1) is 36.2 Å². The van der Waals surface area contributed by atoms with Crippen molar-refractivity contribution in [2.24, 2.45) is 17.8 Å². The smallest absolute Gasteiger partial charge is 0.496 e. The first-order chi connectivity index (χ1) is 22.2. The molecule has 15 heteroatoms. The van der Waals surface area contributed by atoms with Crippen LogP contribution in [0.5, 0.6) is 11.5 Å². The molecular weight excluding hydrogens is 648 g/mol. The van der Waals surface area contributed by atoms with Crippen molar-refractivity contribution in [1.82, 2.24) is 5.32 Å². The van der Waals surface area contributed by atoms with Gasteiger partial charge in [-0.1, -0.05) is 36.4 Å². The van der Waals surface area contributed by atoms with Gasteiger partial charge in [-0.3, -0.25) is 9.59 Å². The normalized spacial score (nSPS) is 20.0. The van der Waals surface area contributed by atoms with Crippen molar-refractivity contribution in [2.75, 3.05) is 19.5 Å². The number of methoxy groups -OCH3 is 2. The van der Waals surface area contributed by atoms with Crippen molar-refractivity contribution >= 4 is 33.3 Å². The fourth-order valence-electron chi connectivity index (χ4n) is 5.81. The predicted octanol–water partition coefficient (Wildman–Crippen LogP) is 5.05. The van der Waals surface area contributed by atoms with E-state index < -0.39 is 55.8 Å². The Kier molecular flexibility index (Phi) is 9.29. The molecule has 248 valence electrons. The van der Waals surface area contributed by atoms with Gasteiger partial charge in [0, 0.05) is 23.4 Å². The highest BCUT2D eigenvalue weighted by Gasteiger charge is 2.49. The Balaban J connectivity index is 1.35.